The molecule has 3 heterocycles. The Bertz CT molecular complexity index is 1500. The molecule has 37 heavy (non-hydrogen) atoms. The quantitative estimate of drug-likeness (QED) is 0.240. The van der Waals surface area contributed by atoms with Gasteiger partial charge >= 0.3 is 0 Å². The van der Waals surface area contributed by atoms with E-state index >= 15 is 0 Å². The number of hydrogen-bond donors (Lipinski definition) is 1. The van der Waals surface area contributed by atoms with E-state index in [0.717, 1.165) is 51.1 Å². The molecule has 0 spiro atoms. The first kappa shape index (κ1) is 24.6. The summed E-state index contributed by atoms with van der Waals surface area (Å²) in [5.41, 5.74) is 6.05. The van der Waals surface area contributed by atoms with Crippen molar-refractivity contribution in [2.45, 2.75) is 6.10 Å². The Balaban J connectivity index is 0.00000280. The van der Waals surface area contributed by atoms with Crippen LogP contribution >= 0.6 is 12.4 Å². The van der Waals surface area contributed by atoms with E-state index in [9.17, 15) is 0 Å². The SMILES string of the molecule is C#CC(ON=C1c2cc3c(cc2-c2[nH]c4ccc(OCCN(C)C)cc4c21)OCCO3)c1ccoc1.Cl. The molecule has 0 bridgehead atoms. The second kappa shape index (κ2) is 10.1. The summed E-state index contributed by atoms with van der Waals surface area (Å²) < 4.78 is 22.9. The predicted molar refractivity (Wildman–Crippen MR) is 143 cm³/mol. The van der Waals surface area contributed by atoms with Crippen molar-refractivity contribution in [2.24, 2.45) is 5.16 Å². The molecule has 1 N–H and O–H groups in total. The van der Waals surface area contributed by atoms with Crippen LogP contribution < -0.4 is 14.2 Å². The molecular weight excluding hydrogens is 494 g/mol. The van der Waals surface area contributed by atoms with Crippen LogP contribution in [0.5, 0.6) is 17.2 Å². The number of aromatic amines is 1. The van der Waals surface area contributed by atoms with E-state index in [2.05, 4.69) is 21.0 Å². The van der Waals surface area contributed by atoms with Crippen LogP contribution in [0.3, 0.4) is 0 Å². The lowest BCUT2D eigenvalue weighted by Crippen LogP contribution is -2.19. The van der Waals surface area contributed by atoms with Gasteiger partial charge in [0.25, 0.3) is 0 Å². The second-order valence-electron chi connectivity index (χ2n) is 8.92. The van der Waals surface area contributed by atoms with Gasteiger partial charge in [0.05, 0.1) is 18.2 Å². The van der Waals surface area contributed by atoms with Gasteiger partial charge in [-0.15, -0.1) is 18.8 Å². The highest BCUT2D eigenvalue weighted by Gasteiger charge is 2.33. The molecule has 0 radical (unpaired) electrons. The fourth-order valence-electron chi connectivity index (χ4n) is 4.49. The number of benzene rings is 2. The first-order valence-corrected chi connectivity index (χ1v) is 11.7. The van der Waals surface area contributed by atoms with Crippen molar-refractivity contribution in [3.8, 4) is 40.8 Å². The smallest absolute Gasteiger partial charge is 0.215 e. The monoisotopic (exact) mass is 519 g/mol. The van der Waals surface area contributed by atoms with E-state index in [1.165, 1.54) is 0 Å². The van der Waals surface area contributed by atoms with E-state index in [1.807, 2.05) is 44.4 Å². The van der Waals surface area contributed by atoms with Gasteiger partial charge < -0.3 is 33.3 Å². The van der Waals surface area contributed by atoms with Crippen LogP contribution in [0, 0.1) is 12.3 Å². The third-order valence-corrected chi connectivity index (χ3v) is 6.27. The molecule has 1 aliphatic carbocycles. The van der Waals surface area contributed by atoms with Crippen LogP contribution in [0.2, 0.25) is 0 Å². The number of ether oxygens (including phenoxy) is 3. The molecule has 0 saturated carbocycles. The Hall–Kier alpha value is -4.06. The molecule has 1 aliphatic heterocycles. The molecule has 190 valence electrons. The topological polar surface area (TPSA) is 81.5 Å². The molecule has 8 nitrogen and oxygen atoms in total. The van der Waals surface area contributed by atoms with Crippen molar-refractivity contribution in [2.75, 3.05) is 40.5 Å². The van der Waals surface area contributed by atoms with Crippen LogP contribution in [0.1, 0.15) is 22.8 Å². The normalized spacial score (nSPS) is 15.1. The maximum absolute atomic E-state index is 6.01. The summed E-state index contributed by atoms with van der Waals surface area (Å²) in [4.78, 5) is 11.5. The van der Waals surface area contributed by atoms with Crippen molar-refractivity contribution >= 4 is 29.0 Å². The molecular formula is C28H26ClN3O5. The number of oxime groups is 1. The second-order valence-corrected chi connectivity index (χ2v) is 8.92. The lowest BCUT2D eigenvalue weighted by atomic mass is 10.1. The van der Waals surface area contributed by atoms with E-state index in [4.69, 9.17) is 29.9 Å². The molecule has 6 rings (SSSR count). The molecule has 2 aromatic carbocycles. The summed E-state index contributed by atoms with van der Waals surface area (Å²) in [6, 6.07) is 11.7. The Morgan fingerprint density at radius 3 is 2.59 bits per heavy atom. The minimum atomic E-state index is -0.684. The molecule has 2 aliphatic rings. The van der Waals surface area contributed by atoms with E-state index in [-0.39, 0.29) is 12.4 Å². The molecule has 2 aromatic heterocycles. The van der Waals surface area contributed by atoms with Crippen molar-refractivity contribution in [3.63, 3.8) is 0 Å². The fourth-order valence-corrected chi connectivity index (χ4v) is 4.49. The van der Waals surface area contributed by atoms with Gasteiger partial charge in [0.2, 0.25) is 6.10 Å². The number of halogens is 1. The van der Waals surface area contributed by atoms with Crippen molar-refractivity contribution in [1.82, 2.24) is 9.88 Å². The van der Waals surface area contributed by atoms with Crippen molar-refractivity contribution in [1.29, 1.82) is 0 Å². The zero-order valence-electron chi connectivity index (χ0n) is 20.4. The Morgan fingerprint density at radius 2 is 1.89 bits per heavy atom. The molecule has 1 atom stereocenters. The molecule has 4 aromatic rings. The minimum Gasteiger partial charge on any atom is -0.492 e. The number of aromatic nitrogens is 1. The standard InChI is InChI=1S/C28H25N3O5.ClH/c1-4-23(17-7-9-32-16-17)36-30-28-20-15-25-24(34-11-12-35-25)14-19(20)27-26(28)21-13-18(5-6-22(21)29-27)33-10-8-31(2)3;/h1,5-7,9,13-16,23,29H,8,10-12H2,2-3H3;1H. The molecule has 1 unspecified atom stereocenters. The number of likely N-dealkylation sites (N-methyl/N-ethyl adjacent to an activating group) is 1. The van der Waals surface area contributed by atoms with E-state index in [0.29, 0.717) is 37.0 Å². The van der Waals surface area contributed by atoms with Gasteiger partial charge in [-0.05, 0) is 50.5 Å². The summed E-state index contributed by atoms with van der Waals surface area (Å²) in [6.07, 6.45) is 8.17. The summed E-state index contributed by atoms with van der Waals surface area (Å²) in [6.45, 7) is 2.42. The number of hydrogen-bond acceptors (Lipinski definition) is 7. The number of terminal acetylenes is 1. The molecule has 0 saturated heterocycles. The zero-order chi connectivity index (χ0) is 24.6. The summed E-state index contributed by atoms with van der Waals surface area (Å²) >= 11 is 0. The van der Waals surface area contributed by atoms with Gasteiger partial charge in [0.15, 0.2) is 11.5 Å². The highest BCUT2D eigenvalue weighted by molar-refractivity contribution is 6.30. The number of nitrogens with one attached hydrogen (secondary N) is 1. The Kier molecular flexibility index (Phi) is 6.74. The fraction of sp³-hybridized carbons (Fsp3) is 0.250. The van der Waals surface area contributed by atoms with E-state index < -0.39 is 6.10 Å². The van der Waals surface area contributed by atoms with Gasteiger partial charge in [0, 0.05) is 39.7 Å². The highest BCUT2D eigenvalue weighted by atomic mass is 35.5. The number of fused-ring (bicyclic) bond motifs is 6. The number of H-pyrrole nitrogens is 1. The number of nitrogens with zero attached hydrogens (tertiary/aromatic N) is 2. The van der Waals surface area contributed by atoms with Gasteiger partial charge in [-0.3, -0.25) is 0 Å². The number of furan rings is 1. The predicted octanol–water partition coefficient (Wildman–Crippen LogP) is 5.02. The lowest BCUT2D eigenvalue weighted by Gasteiger charge is -2.19. The van der Waals surface area contributed by atoms with Crippen LogP contribution in [-0.4, -0.2) is 56.1 Å². The largest absolute Gasteiger partial charge is 0.492 e. The van der Waals surface area contributed by atoms with Gasteiger partial charge in [-0.2, -0.15) is 0 Å². The Labute approximate surface area is 220 Å². The average Bonchev–Trinajstić information content (AvgIpc) is 3.60. The van der Waals surface area contributed by atoms with Crippen molar-refractivity contribution < 1.29 is 23.5 Å². The first-order valence-electron chi connectivity index (χ1n) is 11.7. The van der Waals surface area contributed by atoms with Crippen molar-refractivity contribution in [3.05, 3.63) is 65.6 Å². The molecule has 0 amide bonds. The molecule has 9 heteroatoms. The van der Waals surface area contributed by atoms with Crippen LogP contribution in [0.25, 0.3) is 22.2 Å². The number of rotatable bonds is 7. The lowest BCUT2D eigenvalue weighted by molar-refractivity contribution is 0.0996. The Morgan fingerprint density at radius 1 is 1.11 bits per heavy atom. The van der Waals surface area contributed by atoms with Gasteiger partial charge in [0.1, 0.15) is 31.3 Å². The third-order valence-electron chi connectivity index (χ3n) is 6.27. The maximum atomic E-state index is 6.01. The van der Waals surface area contributed by atoms with Crippen LogP contribution in [0.15, 0.2) is 58.5 Å². The summed E-state index contributed by atoms with van der Waals surface area (Å²) in [5.74, 6) is 4.80. The first-order chi connectivity index (χ1) is 17.6. The van der Waals surface area contributed by atoms with Gasteiger partial charge in [-0.1, -0.05) is 11.1 Å². The van der Waals surface area contributed by atoms with Crippen LogP contribution in [-0.2, 0) is 4.84 Å². The highest BCUT2D eigenvalue weighted by Crippen LogP contribution is 2.46. The average molecular weight is 520 g/mol. The summed E-state index contributed by atoms with van der Waals surface area (Å²) in [5, 5.41) is 5.57. The third kappa shape index (κ3) is 4.48. The molecule has 0 fully saturated rings. The maximum Gasteiger partial charge on any atom is 0.215 e. The van der Waals surface area contributed by atoms with Gasteiger partial charge in [-0.25, -0.2) is 0 Å². The minimum absolute atomic E-state index is 0. The van der Waals surface area contributed by atoms with Crippen LogP contribution in [0.4, 0.5) is 0 Å². The van der Waals surface area contributed by atoms with E-state index in [1.54, 1.807) is 18.6 Å². The summed E-state index contributed by atoms with van der Waals surface area (Å²) in [7, 11) is 4.04. The zero-order valence-corrected chi connectivity index (χ0v) is 21.3.